The van der Waals surface area contributed by atoms with E-state index in [0.29, 0.717) is 5.52 Å². The standard InChI is InChI=1S/C14H8ClIN2O2/c15-12-10-6-9(8-4-2-1-3-5-8)7-11(16)18(10)17-13(12)14(19)20/h1-7H,(H,19,20). The van der Waals surface area contributed by atoms with Crippen LogP contribution >= 0.6 is 34.2 Å². The topological polar surface area (TPSA) is 54.6 Å². The maximum absolute atomic E-state index is 11.1. The molecular weight excluding hydrogens is 391 g/mol. The van der Waals surface area contributed by atoms with Gasteiger partial charge >= 0.3 is 5.97 Å². The Morgan fingerprint density at radius 3 is 2.55 bits per heavy atom. The van der Waals surface area contributed by atoms with Crippen LogP contribution in [0.1, 0.15) is 10.5 Å². The number of pyridine rings is 1. The lowest BCUT2D eigenvalue weighted by atomic mass is 10.1. The number of hydrogen-bond acceptors (Lipinski definition) is 2. The van der Waals surface area contributed by atoms with E-state index in [0.717, 1.165) is 14.8 Å². The van der Waals surface area contributed by atoms with Gasteiger partial charge in [-0.05, 0) is 45.9 Å². The number of hydrogen-bond donors (Lipinski definition) is 1. The summed E-state index contributed by atoms with van der Waals surface area (Å²) in [6.07, 6.45) is 0. The average molecular weight is 399 g/mol. The number of aromatic nitrogens is 2. The summed E-state index contributed by atoms with van der Waals surface area (Å²) >= 11 is 8.23. The molecule has 0 aliphatic rings. The summed E-state index contributed by atoms with van der Waals surface area (Å²) in [4.78, 5) is 11.1. The molecular formula is C14H8ClIN2O2. The first-order valence-electron chi connectivity index (χ1n) is 5.74. The lowest BCUT2D eigenvalue weighted by molar-refractivity contribution is 0.0690. The number of halogens is 2. The highest BCUT2D eigenvalue weighted by Gasteiger charge is 2.19. The van der Waals surface area contributed by atoms with Crippen molar-refractivity contribution >= 4 is 45.7 Å². The number of benzene rings is 1. The fraction of sp³-hybridized carbons (Fsp3) is 0. The molecule has 4 nitrogen and oxygen atoms in total. The minimum atomic E-state index is -1.13. The molecule has 3 aromatic rings. The lowest BCUT2D eigenvalue weighted by Crippen LogP contribution is -1.99. The van der Waals surface area contributed by atoms with E-state index in [2.05, 4.69) is 27.7 Å². The van der Waals surface area contributed by atoms with Gasteiger partial charge in [-0.25, -0.2) is 9.31 Å². The third-order valence-electron chi connectivity index (χ3n) is 2.94. The molecule has 0 atom stereocenters. The molecule has 0 amide bonds. The predicted octanol–water partition coefficient (Wildman–Crippen LogP) is 3.96. The van der Waals surface area contributed by atoms with Gasteiger partial charge < -0.3 is 5.11 Å². The van der Waals surface area contributed by atoms with E-state index in [-0.39, 0.29) is 10.7 Å². The molecule has 0 radical (unpaired) electrons. The SMILES string of the molecule is O=C(O)c1nn2c(I)cc(-c3ccccc3)cc2c1Cl. The molecule has 100 valence electrons. The van der Waals surface area contributed by atoms with Crippen LogP contribution in [0.5, 0.6) is 0 Å². The first-order valence-corrected chi connectivity index (χ1v) is 7.20. The Hall–Kier alpha value is -1.60. The third-order valence-corrected chi connectivity index (χ3v) is 4.08. The van der Waals surface area contributed by atoms with Gasteiger partial charge in [-0.2, -0.15) is 5.10 Å². The molecule has 6 heteroatoms. The van der Waals surface area contributed by atoms with Gasteiger partial charge in [0.1, 0.15) is 8.72 Å². The molecule has 1 N–H and O–H groups in total. The van der Waals surface area contributed by atoms with Crippen molar-refractivity contribution < 1.29 is 9.90 Å². The second-order valence-corrected chi connectivity index (χ2v) is 5.68. The van der Waals surface area contributed by atoms with Crippen LogP contribution in [0.2, 0.25) is 5.02 Å². The number of rotatable bonds is 2. The molecule has 0 aliphatic carbocycles. The number of carboxylic acids is 1. The Morgan fingerprint density at radius 2 is 1.90 bits per heavy atom. The highest BCUT2D eigenvalue weighted by Crippen LogP contribution is 2.29. The Morgan fingerprint density at radius 1 is 1.20 bits per heavy atom. The van der Waals surface area contributed by atoms with Crippen LogP contribution in [0.25, 0.3) is 16.6 Å². The minimum Gasteiger partial charge on any atom is -0.476 e. The summed E-state index contributed by atoms with van der Waals surface area (Å²) < 4.78 is 2.34. The van der Waals surface area contributed by atoms with Gasteiger partial charge in [0.15, 0.2) is 5.69 Å². The Kier molecular flexibility index (Phi) is 3.39. The quantitative estimate of drug-likeness (QED) is 0.525. The second-order valence-electron chi connectivity index (χ2n) is 4.20. The molecule has 0 aliphatic heterocycles. The van der Waals surface area contributed by atoms with Crippen molar-refractivity contribution in [3.63, 3.8) is 0 Å². The predicted molar refractivity (Wildman–Crippen MR) is 85.3 cm³/mol. The van der Waals surface area contributed by atoms with E-state index in [4.69, 9.17) is 16.7 Å². The summed E-state index contributed by atoms with van der Waals surface area (Å²) in [5.41, 5.74) is 2.48. The van der Waals surface area contributed by atoms with Gasteiger partial charge in [0.05, 0.1) is 5.52 Å². The van der Waals surface area contributed by atoms with Crippen LogP contribution in [0.3, 0.4) is 0 Å². The van der Waals surface area contributed by atoms with Crippen molar-refractivity contribution in [2.45, 2.75) is 0 Å². The van der Waals surface area contributed by atoms with Crippen LogP contribution in [-0.4, -0.2) is 20.7 Å². The van der Waals surface area contributed by atoms with E-state index in [1.807, 2.05) is 42.5 Å². The second kappa shape index (κ2) is 5.06. The van der Waals surface area contributed by atoms with Crippen LogP contribution in [0.4, 0.5) is 0 Å². The molecule has 20 heavy (non-hydrogen) atoms. The van der Waals surface area contributed by atoms with Crippen molar-refractivity contribution in [1.82, 2.24) is 9.61 Å². The zero-order valence-corrected chi connectivity index (χ0v) is 13.0. The van der Waals surface area contributed by atoms with Crippen LogP contribution < -0.4 is 0 Å². The fourth-order valence-electron chi connectivity index (χ4n) is 2.01. The van der Waals surface area contributed by atoms with Crippen LogP contribution in [0, 0.1) is 3.70 Å². The molecule has 1 aromatic carbocycles. The van der Waals surface area contributed by atoms with Crippen molar-refractivity contribution in [3.05, 3.63) is 56.9 Å². The van der Waals surface area contributed by atoms with E-state index in [1.54, 1.807) is 4.52 Å². The Balaban J connectivity index is 2.29. The van der Waals surface area contributed by atoms with Crippen molar-refractivity contribution in [2.24, 2.45) is 0 Å². The first-order chi connectivity index (χ1) is 9.58. The average Bonchev–Trinajstić information content (AvgIpc) is 2.78. The van der Waals surface area contributed by atoms with Crippen LogP contribution in [0.15, 0.2) is 42.5 Å². The molecule has 0 saturated carbocycles. The molecule has 0 saturated heterocycles. The van der Waals surface area contributed by atoms with Gasteiger partial charge in [-0.3, -0.25) is 0 Å². The molecule has 0 spiro atoms. The summed E-state index contributed by atoms with van der Waals surface area (Å²) in [6.45, 7) is 0. The summed E-state index contributed by atoms with van der Waals surface area (Å²) in [5.74, 6) is -1.13. The zero-order valence-electron chi connectivity index (χ0n) is 10.0. The zero-order chi connectivity index (χ0) is 14.3. The molecule has 0 unspecified atom stereocenters. The molecule has 0 bridgehead atoms. The van der Waals surface area contributed by atoms with Crippen molar-refractivity contribution in [2.75, 3.05) is 0 Å². The number of nitrogens with zero attached hydrogens (tertiary/aromatic N) is 2. The highest BCUT2D eigenvalue weighted by molar-refractivity contribution is 14.1. The highest BCUT2D eigenvalue weighted by atomic mass is 127. The molecule has 0 fully saturated rings. The maximum atomic E-state index is 11.1. The molecule has 2 aromatic heterocycles. The minimum absolute atomic E-state index is 0.130. The van der Waals surface area contributed by atoms with Gasteiger partial charge in [-0.1, -0.05) is 41.9 Å². The molecule has 2 heterocycles. The summed E-state index contributed by atoms with van der Waals surface area (Å²) in [7, 11) is 0. The van der Waals surface area contributed by atoms with E-state index in [9.17, 15) is 4.79 Å². The van der Waals surface area contributed by atoms with Crippen molar-refractivity contribution in [1.29, 1.82) is 0 Å². The van der Waals surface area contributed by atoms with Gasteiger partial charge in [0.2, 0.25) is 0 Å². The Bertz CT molecular complexity index is 815. The number of aromatic carboxylic acids is 1. The normalized spacial score (nSPS) is 10.9. The van der Waals surface area contributed by atoms with Crippen molar-refractivity contribution in [3.8, 4) is 11.1 Å². The molecule has 3 rings (SSSR count). The smallest absolute Gasteiger partial charge is 0.358 e. The lowest BCUT2D eigenvalue weighted by Gasteiger charge is -2.04. The fourth-order valence-corrected chi connectivity index (χ4v) is 2.97. The monoisotopic (exact) mass is 398 g/mol. The Labute approximate surface area is 133 Å². The van der Waals surface area contributed by atoms with E-state index >= 15 is 0 Å². The third kappa shape index (κ3) is 2.16. The van der Waals surface area contributed by atoms with E-state index in [1.165, 1.54) is 0 Å². The van der Waals surface area contributed by atoms with E-state index < -0.39 is 5.97 Å². The maximum Gasteiger partial charge on any atom is 0.358 e. The number of carbonyl (C=O) groups is 1. The van der Waals surface area contributed by atoms with Gasteiger partial charge in [-0.15, -0.1) is 0 Å². The van der Waals surface area contributed by atoms with Crippen LogP contribution in [-0.2, 0) is 0 Å². The first kappa shape index (κ1) is 13.4. The largest absolute Gasteiger partial charge is 0.476 e. The van der Waals surface area contributed by atoms with Gasteiger partial charge in [0.25, 0.3) is 0 Å². The summed E-state index contributed by atoms with van der Waals surface area (Å²) in [5, 5.41) is 13.3. The number of fused-ring (bicyclic) bond motifs is 1. The van der Waals surface area contributed by atoms with Gasteiger partial charge in [0, 0.05) is 0 Å². The number of carboxylic acid groups (broad SMARTS) is 1. The summed E-state index contributed by atoms with van der Waals surface area (Å²) in [6, 6.07) is 13.6.